The van der Waals surface area contributed by atoms with Crippen molar-refractivity contribution >= 4 is 17.5 Å². The van der Waals surface area contributed by atoms with Gasteiger partial charge < -0.3 is 9.80 Å². The van der Waals surface area contributed by atoms with Gasteiger partial charge in [-0.1, -0.05) is 36.7 Å². The van der Waals surface area contributed by atoms with Gasteiger partial charge >= 0.3 is 0 Å². The van der Waals surface area contributed by atoms with Crippen molar-refractivity contribution < 1.29 is 9.69 Å². The summed E-state index contributed by atoms with van der Waals surface area (Å²) in [5.74, 6) is 1.32. The van der Waals surface area contributed by atoms with Crippen molar-refractivity contribution in [1.82, 2.24) is 4.90 Å². The second-order valence-corrected chi connectivity index (χ2v) is 7.73. The number of rotatable bonds is 3. The molecule has 2 heterocycles. The van der Waals surface area contributed by atoms with Crippen molar-refractivity contribution in [1.29, 1.82) is 0 Å². The first-order valence-electron chi connectivity index (χ1n) is 8.99. The molecule has 3 nitrogen and oxygen atoms in total. The summed E-state index contributed by atoms with van der Waals surface area (Å²) >= 11 is 6.26. The minimum atomic E-state index is 0.246. The Labute approximate surface area is 144 Å². The number of hydrogen-bond acceptors (Lipinski definition) is 1. The second-order valence-electron chi connectivity index (χ2n) is 7.32. The summed E-state index contributed by atoms with van der Waals surface area (Å²) < 4.78 is 0. The number of hydrogen-bond donors (Lipinski definition) is 1. The molecule has 0 spiro atoms. The van der Waals surface area contributed by atoms with Gasteiger partial charge in [0.2, 0.25) is 5.91 Å². The molecule has 1 aromatic carbocycles. The number of carbonyl (C=O) groups is 1. The number of carbonyl (C=O) groups excluding carboxylic acids is 1. The molecule has 0 unspecified atom stereocenters. The van der Waals surface area contributed by atoms with E-state index in [1.165, 1.54) is 18.4 Å². The molecule has 3 rings (SSSR count). The summed E-state index contributed by atoms with van der Waals surface area (Å²) in [6, 6.07) is 8.10. The molecular weight excluding hydrogens is 308 g/mol. The van der Waals surface area contributed by atoms with Gasteiger partial charge in [-0.3, -0.25) is 4.79 Å². The highest BCUT2D eigenvalue weighted by Crippen LogP contribution is 2.21. The fourth-order valence-corrected chi connectivity index (χ4v) is 4.21. The zero-order chi connectivity index (χ0) is 16.2. The van der Waals surface area contributed by atoms with Crippen molar-refractivity contribution in [3.8, 4) is 0 Å². The Bertz CT molecular complexity index is 540. The molecule has 0 aliphatic carbocycles. The van der Waals surface area contributed by atoms with Crippen molar-refractivity contribution in [3.63, 3.8) is 0 Å². The topological polar surface area (TPSA) is 24.8 Å². The summed E-state index contributed by atoms with van der Waals surface area (Å²) in [6.45, 7) is 7.31. The van der Waals surface area contributed by atoms with Crippen LogP contribution in [0.15, 0.2) is 24.3 Å². The van der Waals surface area contributed by atoms with Gasteiger partial charge in [0.25, 0.3) is 0 Å². The molecule has 1 amide bonds. The molecule has 0 aromatic heterocycles. The molecule has 23 heavy (non-hydrogen) atoms. The molecule has 126 valence electrons. The van der Waals surface area contributed by atoms with Crippen molar-refractivity contribution in [2.24, 2.45) is 11.8 Å². The van der Waals surface area contributed by atoms with Gasteiger partial charge in [-0.2, -0.15) is 0 Å². The van der Waals surface area contributed by atoms with E-state index in [9.17, 15) is 4.79 Å². The van der Waals surface area contributed by atoms with E-state index in [0.29, 0.717) is 11.8 Å². The maximum absolute atomic E-state index is 12.7. The average Bonchev–Trinajstić information content (AvgIpc) is 2.57. The average molecular weight is 336 g/mol. The van der Waals surface area contributed by atoms with Gasteiger partial charge in [0.15, 0.2) is 0 Å². The minimum absolute atomic E-state index is 0.246. The lowest BCUT2D eigenvalue weighted by atomic mass is 9.92. The molecule has 0 saturated carbocycles. The summed E-state index contributed by atoms with van der Waals surface area (Å²) in [5.41, 5.74) is 1.22. The highest BCUT2D eigenvalue weighted by Gasteiger charge is 2.32. The number of halogens is 1. The van der Waals surface area contributed by atoms with E-state index in [1.54, 1.807) is 4.90 Å². The predicted molar refractivity (Wildman–Crippen MR) is 93.6 cm³/mol. The number of amides is 1. The van der Waals surface area contributed by atoms with Crippen LogP contribution in [-0.4, -0.2) is 37.0 Å². The van der Waals surface area contributed by atoms with E-state index in [2.05, 4.69) is 24.0 Å². The molecule has 0 bridgehead atoms. The van der Waals surface area contributed by atoms with E-state index in [0.717, 1.165) is 50.6 Å². The van der Waals surface area contributed by atoms with Crippen LogP contribution in [-0.2, 0) is 11.3 Å². The SMILES string of the molecule is C[C@H]1CCCN(C(=O)C2CC[NH+](Cc3ccccc3Cl)CC2)C1. The maximum Gasteiger partial charge on any atom is 0.226 e. The van der Waals surface area contributed by atoms with Crippen molar-refractivity contribution in [3.05, 3.63) is 34.9 Å². The smallest absolute Gasteiger partial charge is 0.226 e. The summed E-state index contributed by atoms with van der Waals surface area (Å²) in [5, 5.41) is 0.862. The standard InChI is InChI=1S/C19H27ClN2O/c1-15-5-4-10-22(13-15)19(23)16-8-11-21(12-9-16)14-17-6-2-3-7-18(17)20/h2-3,6-7,15-16H,4-5,8-14H2,1H3/p+1/t15-/m0/s1. The first-order chi connectivity index (χ1) is 11.1. The lowest BCUT2D eigenvalue weighted by Gasteiger charge is -2.36. The molecule has 1 N–H and O–H groups in total. The van der Waals surface area contributed by atoms with Crippen LogP contribution in [0.1, 0.15) is 38.2 Å². The second kappa shape index (κ2) is 7.67. The van der Waals surface area contributed by atoms with Crippen LogP contribution < -0.4 is 4.90 Å². The Morgan fingerprint density at radius 1 is 1.26 bits per heavy atom. The largest absolute Gasteiger partial charge is 0.342 e. The summed E-state index contributed by atoms with van der Waals surface area (Å²) in [6.07, 6.45) is 4.47. The van der Waals surface area contributed by atoms with Crippen LogP contribution in [0.5, 0.6) is 0 Å². The predicted octanol–water partition coefficient (Wildman–Crippen LogP) is 2.39. The van der Waals surface area contributed by atoms with E-state index >= 15 is 0 Å². The number of piperidine rings is 2. The minimum Gasteiger partial charge on any atom is -0.342 e. The number of quaternary nitrogens is 1. The molecule has 0 radical (unpaired) electrons. The zero-order valence-electron chi connectivity index (χ0n) is 14.1. The van der Waals surface area contributed by atoms with Crippen LogP contribution in [0.25, 0.3) is 0 Å². The van der Waals surface area contributed by atoms with E-state index < -0.39 is 0 Å². The number of nitrogens with one attached hydrogen (secondary N) is 1. The lowest BCUT2D eigenvalue weighted by Crippen LogP contribution is -3.11. The Morgan fingerprint density at radius 3 is 2.70 bits per heavy atom. The van der Waals surface area contributed by atoms with Crippen molar-refractivity contribution in [2.45, 2.75) is 39.2 Å². The molecule has 4 heteroatoms. The monoisotopic (exact) mass is 335 g/mol. The highest BCUT2D eigenvalue weighted by atomic mass is 35.5. The normalized spacial score (nSPS) is 28.6. The molecular formula is C19H28ClN2O+. The van der Waals surface area contributed by atoms with Gasteiger partial charge in [0, 0.05) is 42.4 Å². The van der Waals surface area contributed by atoms with E-state index in [-0.39, 0.29) is 5.92 Å². The highest BCUT2D eigenvalue weighted by molar-refractivity contribution is 6.31. The molecule has 1 atom stereocenters. The van der Waals surface area contributed by atoms with Crippen LogP contribution in [0.4, 0.5) is 0 Å². The van der Waals surface area contributed by atoms with E-state index in [1.807, 2.05) is 12.1 Å². The Kier molecular flexibility index (Phi) is 5.60. The third-order valence-electron chi connectivity index (χ3n) is 5.41. The molecule has 2 fully saturated rings. The summed E-state index contributed by atoms with van der Waals surface area (Å²) in [4.78, 5) is 16.4. The van der Waals surface area contributed by atoms with Gasteiger partial charge in [0.1, 0.15) is 6.54 Å². The number of benzene rings is 1. The zero-order valence-corrected chi connectivity index (χ0v) is 14.8. The maximum atomic E-state index is 12.7. The van der Waals surface area contributed by atoms with Gasteiger partial charge in [-0.25, -0.2) is 0 Å². The Balaban J connectivity index is 1.50. The summed E-state index contributed by atoms with van der Waals surface area (Å²) in [7, 11) is 0. The number of nitrogens with zero attached hydrogens (tertiary/aromatic N) is 1. The number of likely N-dealkylation sites (tertiary alicyclic amines) is 2. The third-order valence-corrected chi connectivity index (χ3v) is 5.78. The molecule has 2 saturated heterocycles. The molecule has 2 aliphatic heterocycles. The van der Waals surface area contributed by atoms with Crippen LogP contribution in [0, 0.1) is 11.8 Å². The fourth-order valence-electron chi connectivity index (χ4n) is 4.01. The molecule has 2 aliphatic rings. The van der Waals surface area contributed by atoms with Crippen LogP contribution >= 0.6 is 11.6 Å². The first kappa shape index (κ1) is 16.8. The Hall–Kier alpha value is -1.06. The van der Waals surface area contributed by atoms with E-state index in [4.69, 9.17) is 11.6 Å². The van der Waals surface area contributed by atoms with Crippen LogP contribution in [0.3, 0.4) is 0 Å². The van der Waals surface area contributed by atoms with Gasteiger partial charge in [-0.15, -0.1) is 0 Å². The fraction of sp³-hybridized carbons (Fsp3) is 0.632. The van der Waals surface area contributed by atoms with Gasteiger partial charge in [-0.05, 0) is 24.8 Å². The Morgan fingerprint density at radius 2 is 2.00 bits per heavy atom. The van der Waals surface area contributed by atoms with Gasteiger partial charge in [0.05, 0.1) is 13.1 Å². The van der Waals surface area contributed by atoms with Crippen LogP contribution in [0.2, 0.25) is 5.02 Å². The quantitative estimate of drug-likeness (QED) is 0.901. The lowest BCUT2D eigenvalue weighted by molar-refractivity contribution is -0.919. The molecule has 1 aromatic rings. The van der Waals surface area contributed by atoms with Crippen molar-refractivity contribution in [2.75, 3.05) is 26.2 Å². The third kappa shape index (κ3) is 4.27. The first-order valence-corrected chi connectivity index (χ1v) is 9.37.